The van der Waals surface area contributed by atoms with Gasteiger partial charge < -0.3 is 10.2 Å². The van der Waals surface area contributed by atoms with Crippen LogP contribution in [0.1, 0.15) is 6.42 Å². The van der Waals surface area contributed by atoms with Gasteiger partial charge in [-0.2, -0.15) is 0 Å². The zero-order valence-electron chi connectivity index (χ0n) is 15.4. The molecular formula is C20H20Cl2N4O2. The van der Waals surface area contributed by atoms with Crippen molar-refractivity contribution in [3.8, 4) is 0 Å². The standard InChI is InChI=1S/C20H20Cl2N4O2/c1-25(15-6-3-2-4-7-15)9-5-8-23-18(27)12-26-13-24-19-16(20(26)28)10-14(21)11-17(19)22/h2-4,6-7,10-11,13H,5,8-9,12H2,1H3,(H,23,27). The number of anilines is 1. The lowest BCUT2D eigenvalue weighted by atomic mass is 10.2. The van der Waals surface area contributed by atoms with Gasteiger partial charge in [0.1, 0.15) is 6.54 Å². The average molecular weight is 419 g/mol. The number of halogens is 2. The number of aromatic nitrogens is 2. The summed E-state index contributed by atoms with van der Waals surface area (Å²) in [6, 6.07) is 13.1. The predicted octanol–water partition coefficient (Wildman–Crippen LogP) is 3.35. The molecule has 28 heavy (non-hydrogen) atoms. The number of rotatable bonds is 7. The van der Waals surface area contributed by atoms with Gasteiger partial charge in [0.2, 0.25) is 5.91 Å². The Balaban J connectivity index is 1.55. The van der Waals surface area contributed by atoms with Gasteiger partial charge in [0.25, 0.3) is 5.56 Å². The van der Waals surface area contributed by atoms with Crippen LogP contribution in [0.4, 0.5) is 5.69 Å². The fraction of sp³-hybridized carbons (Fsp3) is 0.250. The first-order chi connectivity index (χ1) is 13.5. The highest BCUT2D eigenvalue weighted by Crippen LogP contribution is 2.23. The van der Waals surface area contributed by atoms with Crippen molar-refractivity contribution in [3.05, 3.63) is 69.2 Å². The largest absolute Gasteiger partial charge is 0.375 e. The number of carbonyl (C=O) groups excluding carboxylic acids is 1. The zero-order valence-corrected chi connectivity index (χ0v) is 16.9. The average Bonchev–Trinajstić information content (AvgIpc) is 2.68. The zero-order chi connectivity index (χ0) is 20.1. The second-order valence-corrected chi connectivity index (χ2v) is 7.27. The van der Waals surface area contributed by atoms with E-state index >= 15 is 0 Å². The van der Waals surface area contributed by atoms with Crippen LogP contribution in [-0.4, -0.2) is 35.6 Å². The molecule has 0 bridgehead atoms. The van der Waals surface area contributed by atoms with Gasteiger partial charge in [0, 0.05) is 30.8 Å². The Kier molecular flexibility index (Phi) is 6.54. The Morgan fingerprint density at radius 3 is 2.71 bits per heavy atom. The molecule has 1 heterocycles. The van der Waals surface area contributed by atoms with Crippen molar-refractivity contribution in [1.82, 2.24) is 14.9 Å². The second kappa shape index (κ2) is 9.08. The van der Waals surface area contributed by atoms with Crippen molar-refractivity contribution in [2.24, 2.45) is 0 Å². The Hall–Kier alpha value is -2.57. The van der Waals surface area contributed by atoms with Gasteiger partial charge >= 0.3 is 0 Å². The van der Waals surface area contributed by atoms with Gasteiger partial charge in [-0.3, -0.25) is 14.2 Å². The van der Waals surface area contributed by atoms with E-state index in [1.165, 1.54) is 23.0 Å². The molecule has 0 spiro atoms. The van der Waals surface area contributed by atoms with Crippen LogP contribution in [0.25, 0.3) is 10.9 Å². The van der Waals surface area contributed by atoms with Gasteiger partial charge in [-0.1, -0.05) is 41.4 Å². The number of hydrogen-bond donors (Lipinski definition) is 1. The Morgan fingerprint density at radius 2 is 1.96 bits per heavy atom. The maximum absolute atomic E-state index is 12.6. The molecule has 0 unspecified atom stereocenters. The molecule has 3 rings (SSSR count). The minimum absolute atomic E-state index is 0.111. The van der Waals surface area contributed by atoms with E-state index in [0.29, 0.717) is 22.1 Å². The molecule has 0 aliphatic heterocycles. The fourth-order valence-corrected chi connectivity index (χ4v) is 3.42. The molecule has 2 aromatic carbocycles. The number of amides is 1. The van der Waals surface area contributed by atoms with E-state index < -0.39 is 0 Å². The number of nitrogens with zero attached hydrogens (tertiary/aromatic N) is 3. The molecule has 1 aromatic heterocycles. The third-order valence-electron chi connectivity index (χ3n) is 4.35. The summed E-state index contributed by atoms with van der Waals surface area (Å²) >= 11 is 12.0. The molecule has 0 fully saturated rings. The quantitative estimate of drug-likeness (QED) is 0.597. The highest BCUT2D eigenvalue weighted by Gasteiger charge is 2.11. The first kappa shape index (κ1) is 20.2. The number of hydrogen-bond acceptors (Lipinski definition) is 4. The second-order valence-electron chi connectivity index (χ2n) is 6.42. The van der Waals surface area contributed by atoms with E-state index in [0.717, 1.165) is 18.7 Å². The van der Waals surface area contributed by atoms with Crippen molar-refractivity contribution in [1.29, 1.82) is 0 Å². The van der Waals surface area contributed by atoms with Crippen LogP contribution < -0.4 is 15.8 Å². The molecule has 1 amide bonds. The van der Waals surface area contributed by atoms with Gasteiger partial charge in [-0.05, 0) is 30.7 Å². The summed E-state index contributed by atoms with van der Waals surface area (Å²) in [4.78, 5) is 31.0. The Bertz CT molecular complexity index is 1040. The number of para-hydroxylation sites is 1. The molecule has 0 saturated carbocycles. The third-order valence-corrected chi connectivity index (χ3v) is 4.86. The minimum atomic E-state index is -0.353. The normalized spacial score (nSPS) is 10.8. The van der Waals surface area contributed by atoms with Crippen LogP contribution in [0.15, 0.2) is 53.6 Å². The molecule has 8 heteroatoms. The van der Waals surface area contributed by atoms with Crippen molar-refractivity contribution >= 4 is 45.7 Å². The van der Waals surface area contributed by atoms with Crippen molar-refractivity contribution in [2.75, 3.05) is 25.0 Å². The van der Waals surface area contributed by atoms with Crippen LogP contribution in [0.3, 0.4) is 0 Å². The number of fused-ring (bicyclic) bond motifs is 1. The van der Waals surface area contributed by atoms with E-state index in [-0.39, 0.29) is 23.4 Å². The van der Waals surface area contributed by atoms with E-state index in [1.54, 1.807) is 0 Å². The molecule has 0 saturated heterocycles. The van der Waals surface area contributed by atoms with Gasteiger partial charge in [0.15, 0.2) is 0 Å². The van der Waals surface area contributed by atoms with Crippen LogP contribution in [-0.2, 0) is 11.3 Å². The van der Waals surface area contributed by atoms with Crippen LogP contribution in [0.2, 0.25) is 10.0 Å². The lowest BCUT2D eigenvalue weighted by Crippen LogP contribution is -2.34. The summed E-state index contributed by atoms with van der Waals surface area (Å²) in [5.41, 5.74) is 1.14. The van der Waals surface area contributed by atoms with Crippen LogP contribution in [0.5, 0.6) is 0 Å². The molecule has 146 valence electrons. The number of nitrogens with one attached hydrogen (secondary N) is 1. The maximum atomic E-state index is 12.6. The smallest absolute Gasteiger partial charge is 0.261 e. The molecule has 0 aliphatic carbocycles. The lowest BCUT2D eigenvalue weighted by molar-refractivity contribution is -0.121. The summed E-state index contributed by atoms with van der Waals surface area (Å²) in [5, 5.41) is 3.77. The first-order valence-electron chi connectivity index (χ1n) is 8.83. The molecule has 0 aliphatic rings. The van der Waals surface area contributed by atoms with Gasteiger partial charge in [-0.15, -0.1) is 0 Å². The third kappa shape index (κ3) is 4.82. The van der Waals surface area contributed by atoms with Crippen molar-refractivity contribution < 1.29 is 4.79 Å². The van der Waals surface area contributed by atoms with Gasteiger partial charge in [0.05, 0.1) is 22.3 Å². The molecule has 0 radical (unpaired) electrons. The monoisotopic (exact) mass is 418 g/mol. The maximum Gasteiger partial charge on any atom is 0.261 e. The molecule has 3 aromatic rings. The van der Waals surface area contributed by atoms with Gasteiger partial charge in [-0.25, -0.2) is 4.98 Å². The van der Waals surface area contributed by atoms with E-state index in [9.17, 15) is 9.59 Å². The summed E-state index contributed by atoms with van der Waals surface area (Å²) in [6.45, 7) is 1.21. The summed E-state index contributed by atoms with van der Waals surface area (Å²) < 4.78 is 1.25. The van der Waals surface area contributed by atoms with Crippen LogP contribution >= 0.6 is 23.2 Å². The van der Waals surface area contributed by atoms with Crippen LogP contribution in [0, 0.1) is 0 Å². The topological polar surface area (TPSA) is 67.2 Å². The fourth-order valence-electron chi connectivity index (χ4n) is 2.87. The minimum Gasteiger partial charge on any atom is -0.375 e. The summed E-state index contributed by atoms with van der Waals surface area (Å²) in [6.07, 6.45) is 2.11. The lowest BCUT2D eigenvalue weighted by Gasteiger charge is -2.19. The Morgan fingerprint density at radius 1 is 1.21 bits per heavy atom. The Labute approximate surface area is 172 Å². The molecule has 0 atom stereocenters. The van der Waals surface area contributed by atoms with Crippen molar-refractivity contribution in [3.63, 3.8) is 0 Å². The molecule has 6 nitrogen and oxygen atoms in total. The first-order valence-corrected chi connectivity index (χ1v) is 9.58. The molecule has 1 N–H and O–H groups in total. The highest BCUT2D eigenvalue weighted by atomic mass is 35.5. The summed E-state index contributed by atoms with van der Waals surface area (Å²) in [5.74, 6) is -0.251. The summed E-state index contributed by atoms with van der Waals surface area (Å²) in [7, 11) is 2.01. The van der Waals surface area contributed by atoms with E-state index in [1.807, 2.05) is 37.4 Å². The van der Waals surface area contributed by atoms with Crippen molar-refractivity contribution in [2.45, 2.75) is 13.0 Å². The number of carbonyl (C=O) groups is 1. The SMILES string of the molecule is CN(CCCNC(=O)Cn1cnc2c(Cl)cc(Cl)cc2c1=O)c1ccccc1. The predicted molar refractivity (Wildman–Crippen MR) is 113 cm³/mol. The highest BCUT2D eigenvalue weighted by molar-refractivity contribution is 6.38. The number of benzene rings is 2. The van der Waals surface area contributed by atoms with E-state index in [2.05, 4.69) is 15.2 Å². The van der Waals surface area contributed by atoms with E-state index in [4.69, 9.17) is 23.2 Å². The molecular weight excluding hydrogens is 399 g/mol.